The topological polar surface area (TPSA) is 39.9 Å². The third-order valence-corrected chi connectivity index (χ3v) is 3.63. The second-order valence-electron chi connectivity index (χ2n) is 3.84. The van der Waals surface area contributed by atoms with Crippen LogP contribution >= 0.6 is 31.9 Å². The van der Waals surface area contributed by atoms with Crippen LogP contribution in [0.3, 0.4) is 0 Å². The smallest absolute Gasteiger partial charge is 0.167 e. The zero-order valence-electron chi connectivity index (χ0n) is 10.2. The number of aromatic nitrogens is 3. The third-order valence-electron chi connectivity index (χ3n) is 2.64. The van der Waals surface area contributed by atoms with E-state index in [-0.39, 0.29) is 5.82 Å². The van der Waals surface area contributed by atoms with E-state index < -0.39 is 0 Å². The molecule has 2 rings (SSSR count). The summed E-state index contributed by atoms with van der Waals surface area (Å²) in [6.45, 7) is 1.09. The van der Waals surface area contributed by atoms with Crippen molar-refractivity contribution in [3.63, 3.8) is 0 Å². The maximum absolute atomic E-state index is 13.9. The quantitative estimate of drug-likeness (QED) is 0.732. The first kappa shape index (κ1) is 14.6. The Labute approximate surface area is 127 Å². The van der Waals surface area contributed by atoms with Crippen molar-refractivity contribution in [2.24, 2.45) is 0 Å². The second kappa shape index (κ2) is 6.58. The molecule has 0 saturated heterocycles. The average molecular weight is 393 g/mol. The fourth-order valence-corrected chi connectivity index (χ4v) is 2.50. The van der Waals surface area contributed by atoms with Crippen molar-refractivity contribution in [2.75, 3.05) is 13.7 Å². The van der Waals surface area contributed by atoms with Crippen LogP contribution in [0.1, 0.15) is 5.82 Å². The zero-order chi connectivity index (χ0) is 13.8. The Bertz CT molecular complexity index is 574. The molecule has 2 aromatic rings. The van der Waals surface area contributed by atoms with Gasteiger partial charge in [0.15, 0.2) is 5.82 Å². The number of hydrogen-bond acceptors (Lipinski definition) is 3. The highest BCUT2D eigenvalue weighted by Crippen LogP contribution is 2.26. The lowest BCUT2D eigenvalue weighted by Gasteiger charge is -2.09. The van der Waals surface area contributed by atoms with Gasteiger partial charge in [-0.15, -0.1) is 10.2 Å². The monoisotopic (exact) mass is 391 g/mol. The molecular weight excluding hydrogens is 381 g/mol. The van der Waals surface area contributed by atoms with Gasteiger partial charge in [0, 0.05) is 18.1 Å². The fourth-order valence-electron chi connectivity index (χ4n) is 1.72. The van der Waals surface area contributed by atoms with Crippen LogP contribution in [0.2, 0.25) is 0 Å². The highest BCUT2D eigenvalue weighted by molar-refractivity contribution is 9.10. The molecule has 1 aromatic heterocycles. The van der Waals surface area contributed by atoms with Crippen LogP contribution in [0.25, 0.3) is 11.4 Å². The van der Waals surface area contributed by atoms with Gasteiger partial charge in [0.05, 0.1) is 17.5 Å². The average Bonchev–Trinajstić information content (AvgIpc) is 2.81. The van der Waals surface area contributed by atoms with E-state index >= 15 is 0 Å². The predicted octanol–water partition coefficient (Wildman–Crippen LogP) is 3.39. The highest BCUT2D eigenvalue weighted by Gasteiger charge is 2.16. The number of ether oxygens (including phenoxy) is 1. The summed E-state index contributed by atoms with van der Waals surface area (Å²) < 4.78 is 21.6. The van der Waals surface area contributed by atoms with E-state index in [2.05, 4.69) is 42.1 Å². The van der Waals surface area contributed by atoms with Crippen LogP contribution in [0.5, 0.6) is 0 Å². The van der Waals surface area contributed by atoms with Crippen LogP contribution < -0.4 is 0 Å². The number of methoxy groups -OCH3 is 1. The summed E-state index contributed by atoms with van der Waals surface area (Å²) in [6.07, 6.45) is 0. The molecule has 0 amide bonds. The molecular formula is C12H12Br2FN3O. The van der Waals surface area contributed by atoms with Gasteiger partial charge in [0.25, 0.3) is 0 Å². The molecule has 1 aromatic carbocycles. The van der Waals surface area contributed by atoms with Crippen LogP contribution in [-0.4, -0.2) is 28.5 Å². The Morgan fingerprint density at radius 2 is 2.16 bits per heavy atom. The van der Waals surface area contributed by atoms with Crippen molar-refractivity contribution in [1.29, 1.82) is 0 Å². The molecule has 0 bridgehead atoms. The summed E-state index contributed by atoms with van der Waals surface area (Å²) in [5.74, 6) is 0.923. The maximum atomic E-state index is 13.9. The van der Waals surface area contributed by atoms with Crippen molar-refractivity contribution in [2.45, 2.75) is 11.9 Å². The highest BCUT2D eigenvalue weighted by atomic mass is 79.9. The molecule has 0 spiro atoms. The Morgan fingerprint density at radius 3 is 2.84 bits per heavy atom. The van der Waals surface area contributed by atoms with Gasteiger partial charge >= 0.3 is 0 Å². The number of halogens is 3. The van der Waals surface area contributed by atoms with E-state index in [0.29, 0.717) is 29.9 Å². The Kier molecular flexibility index (Phi) is 5.06. The molecule has 102 valence electrons. The third kappa shape index (κ3) is 3.21. The van der Waals surface area contributed by atoms with Gasteiger partial charge in [-0.2, -0.15) is 0 Å². The number of rotatable bonds is 5. The molecule has 1 heterocycles. The molecule has 19 heavy (non-hydrogen) atoms. The predicted molar refractivity (Wildman–Crippen MR) is 77.6 cm³/mol. The Morgan fingerprint density at radius 1 is 1.37 bits per heavy atom. The van der Waals surface area contributed by atoms with Crippen LogP contribution in [0, 0.1) is 5.82 Å². The van der Waals surface area contributed by atoms with E-state index in [1.165, 1.54) is 6.07 Å². The molecule has 0 radical (unpaired) electrons. The van der Waals surface area contributed by atoms with Gasteiger partial charge < -0.3 is 9.30 Å². The molecule has 0 fully saturated rings. The van der Waals surface area contributed by atoms with Gasteiger partial charge in [-0.25, -0.2) is 4.39 Å². The number of hydrogen-bond donors (Lipinski definition) is 0. The minimum atomic E-state index is -0.324. The molecule has 4 nitrogen and oxygen atoms in total. The van der Waals surface area contributed by atoms with Crippen molar-refractivity contribution in [3.8, 4) is 11.4 Å². The van der Waals surface area contributed by atoms with E-state index in [9.17, 15) is 4.39 Å². The number of benzene rings is 1. The molecule has 7 heteroatoms. The minimum absolute atomic E-state index is 0.324. The molecule has 0 aliphatic carbocycles. The molecule has 0 atom stereocenters. The van der Waals surface area contributed by atoms with E-state index in [1.807, 2.05) is 4.57 Å². The summed E-state index contributed by atoms with van der Waals surface area (Å²) in [5.41, 5.74) is 0.421. The van der Waals surface area contributed by atoms with Gasteiger partial charge in [-0.05, 0) is 18.2 Å². The Hall–Kier alpha value is -0.790. The van der Waals surface area contributed by atoms with Crippen LogP contribution in [0.15, 0.2) is 22.7 Å². The maximum Gasteiger partial charge on any atom is 0.167 e. The normalized spacial score (nSPS) is 10.9. The fraction of sp³-hybridized carbons (Fsp3) is 0.333. The minimum Gasteiger partial charge on any atom is -0.383 e. The largest absolute Gasteiger partial charge is 0.383 e. The lowest BCUT2D eigenvalue weighted by molar-refractivity contribution is 0.187. The first-order valence-corrected chi connectivity index (χ1v) is 7.51. The second-order valence-corrected chi connectivity index (χ2v) is 5.32. The summed E-state index contributed by atoms with van der Waals surface area (Å²) in [4.78, 5) is 0. The van der Waals surface area contributed by atoms with Gasteiger partial charge in [0.2, 0.25) is 0 Å². The van der Waals surface area contributed by atoms with Gasteiger partial charge in [0.1, 0.15) is 11.6 Å². The zero-order valence-corrected chi connectivity index (χ0v) is 13.4. The van der Waals surface area contributed by atoms with Crippen LogP contribution in [-0.2, 0) is 16.6 Å². The molecule has 0 saturated carbocycles. The van der Waals surface area contributed by atoms with Crippen molar-refractivity contribution < 1.29 is 9.13 Å². The van der Waals surface area contributed by atoms with E-state index in [0.717, 1.165) is 10.3 Å². The summed E-state index contributed by atoms with van der Waals surface area (Å²) >= 11 is 6.69. The summed E-state index contributed by atoms with van der Waals surface area (Å²) in [7, 11) is 1.62. The van der Waals surface area contributed by atoms with E-state index in [4.69, 9.17) is 4.74 Å². The summed E-state index contributed by atoms with van der Waals surface area (Å²) in [5, 5.41) is 8.70. The van der Waals surface area contributed by atoms with Gasteiger partial charge in [-0.3, -0.25) is 0 Å². The van der Waals surface area contributed by atoms with Crippen LogP contribution in [0.4, 0.5) is 4.39 Å². The molecule has 0 aliphatic rings. The van der Waals surface area contributed by atoms with Crippen molar-refractivity contribution in [1.82, 2.24) is 14.8 Å². The Balaban J connectivity index is 2.49. The van der Waals surface area contributed by atoms with E-state index in [1.54, 1.807) is 19.2 Å². The van der Waals surface area contributed by atoms with Crippen molar-refractivity contribution in [3.05, 3.63) is 34.3 Å². The number of alkyl halides is 1. The molecule has 0 unspecified atom stereocenters. The lowest BCUT2D eigenvalue weighted by Crippen LogP contribution is -2.09. The molecule has 0 N–H and O–H groups in total. The first-order chi connectivity index (χ1) is 9.17. The molecule has 0 aliphatic heterocycles. The first-order valence-electron chi connectivity index (χ1n) is 5.59. The number of nitrogens with zero attached hydrogens (tertiary/aromatic N) is 3. The standard InChI is InChI=1S/C12H12Br2FN3O/c1-19-5-4-18-11(7-13)16-17-12(18)9-6-8(14)2-3-10(9)15/h2-3,6H,4-5,7H2,1H3. The lowest BCUT2D eigenvalue weighted by atomic mass is 10.2. The SMILES string of the molecule is COCCn1c(CBr)nnc1-c1cc(Br)ccc1F. The van der Waals surface area contributed by atoms with Gasteiger partial charge in [-0.1, -0.05) is 31.9 Å². The van der Waals surface area contributed by atoms with Crippen molar-refractivity contribution >= 4 is 31.9 Å². The summed E-state index contributed by atoms with van der Waals surface area (Å²) in [6, 6.07) is 4.75.